The summed E-state index contributed by atoms with van der Waals surface area (Å²) in [6, 6.07) is 23.2. The van der Waals surface area contributed by atoms with Crippen molar-refractivity contribution < 1.29 is 23.5 Å². The van der Waals surface area contributed by atoms with Crippen molar-refractivity contribution >= 4 is 16.9 Å². The maximum absolute atomic E-state index is 13.1. The zero-order chi connectivity index (χ0) is 25.5. The number of benzene rings is 3. The first-order chi connectivity index (χ1) is 18.0. The summed E-state index contributed by atoms with van der Waals surface area (Å²) in [5.41, 5.74) is 1.32. The Morgan fingerprint density at radius 3 is 2.49 bits per heavy atom. The normalized spacial score (nSPS) is 13.9. The predicted octanol–water partition coefficient (Wildman–Crippen LogP) is 4.53. The number of carbonyl (C=O) groups is 1. The van der Waals surface area contributed by atoms with Gasteiger partial charge in [0.1, 0.15) is 17.1 Å². The minimum absolute atomic E-state index is 0.0473. The molecule has 3 aromatic carbocycles. The van der Waals surface area contributed by atoms with Gasteiger partial charge < -0.3 is 24.0 Å². The first kappa shape index (κ1) is 22.4. The second-order valence-corrected chi connectivity index (χ2v) is 8.63. The largest absolute Gasteiger partial charge is 0.508 e. The number of hydrogen-bond acceptors (Lipinski definition) is 7. The van der Waals surface area contributed by atoms with Crippen LogP contribution in [0.25, 0.3) is 22.3 Å². The van der Waals surface area contributed by atoms with Crippen molar-refractivity contribution in [3.05, 3.63) is 128 Å². The second-order valence-electron chi connectivity index (χ2n) is 8.63. The summed E-state index contributed by atoms with van der Waals surface area (Å²) in [7, 11) is 0. The third-order valence-electron chi connectivity index (χ3n) is 6.20. The van der Waals surface area contributed by atoms with Gasteiger partial charge in [-0.05, 0) is 48.0 Å². The number of ether oxygens (including phenoxy) is 1. The van der Waals surface area contributed by atoms with Crippen LogP contribution < -0.4 is 21.3 Å². The van der Waals surface area contributed by atoms with Crippen molar-refractivity contribution in [3.63, 3.8) is 0 Å². The lowest BCUT2D eigenvalue weighted by Gasteiger charge is -2.28. The highest BCUT2D eigenvalue weighted by Gasteiger charge is 2.31. The molecule has 37 heavy (non-hydrogen) atoms. The Labute approximate surface area is 209 Å². The van der Waals surface area contributed by atoms with Crippen LogP contribution in [0.2, 0.25) is 0 Å². The van der Waals surface area contributed by atoms with Gasteiger partial charge in [-0.15, -0.1) is 0 Å². The Kier molecular flexibility index (Phi) is 5.34. The quantitative estimate of drug-likeness (QED) is 0.353. The second kappa shape index (κ2) is 8.83. The average Bonchev–Trinajstić information content (AvgIpc) is 2.89. The lowest BCUT2D eigenvalue weighted by molar-refractivity contribution is 0.0819. The molecule has 3 heterocycles. The van der Waals surface area contributed by atoms with Gasteiger partial charge in [-0.2, -0.15) is 0 Å². The maximum atomic E-state index is 13.1. The fourth-order valence-electron chi connectivity index (χ4n) is 4.47. The van der Waals surface area contributed by atoms with E-state index in [0.717, 1.165) is 0 Å². The van der Waals surface area contributed by atoms with Gasteiger partial charge in [0.25, 0.3) is 5.91 Å². The van der Waals surface area contributed by atoms with Gasteiger partial charge in [-0.1, -0.05) is 30.3 Å². The molecule has 1 aliphatic rings. The Bertz CT molecular complexity index is 1790. The molecule has 6 rings (SSSR count). The lowest BCUT2D eigenvalue weighted by atomic mass is 9.97. The van der Waals surface area contributed by atoms with Gasteiger partial charge in [0.15, 0.2) is 5.76 Å². The van der Waals surface area contributed by atoms with Crippen LogP contribution >= 0.6 is 0 Å². The standard InChI is InChI=1S/C29H19NO7/c31-19-10-11-20-17(14-25(32)35-24(20)15-19)12-18-13-22-26(37-29(18)34)21-8-4-5-9-23(21)36-28(22)30-27(33)16-6-2-1-3-7-16/h1-11,13-15,28,31H,12H2,(H,30,33). The zero-order valence-corrected chi connectivity index (χ0v) is 19.3. The topological polar surface area (TPSA) is 119 Å². The van der Waals surface area contributed by atoms with Crippen LogP contribution in [0, 0.1) is 0 Å². The number of aromatic hydroxyl groups is 1. The van der Waals surface area contributed by atoms with Gasteiger partial charge in [0, 0.05) is 35.1 Å². The number of para-hydroxylation sites is 1. The number of phenols is 1. The van der Waals surface area contributed by atoms with Crippen molar-refractivity contribution in [3.8, 4) is 22.8 Å². The Morgan fingerprint density at radius 2 is 1.65 bits per heavy atom. The van der Waals surface area contributed by atoms with Crippen molar-refractivity contribution in [2.24, 2.45) is 0 Å². The number of amides is 1. The van der Waals surface area contributed by atoms with Crippen molar-refractivity contribution in [1.29, 1.82) is 0 Å². The fraction of sp³-hybridized carbons (Fsp3) is 0.0690. The smallest absolute Gasteiger partial charge is 0.339 e. The van der Waals surface area contributed by atoms with E-state index in [-0.39, 0.29) is 29.2 Å². The molecule has 2 N–H and O–H groups in total. The van der Waals surface area contributed by atoms with Gasteiger partial charge in [-0.25, -0.2) is 9.59 Å². The highest BCUT2D eigenvalue weighted by atomic mass is 16.5. The molecule has 182 valence electrons. The molecule has 1 atom stereocenters. The van der Waals surface area contributed by atoms with E-state index in [0.29, 0.717) is 39.1 Å². The van der Waals surface area contributed by atoms with Crippen molar-refractivity contribution in [2.45, 2.75) is 12.6 Å². The van der Waals surface area contributed by atoms with Crippen molar-refractivity contribution in [2.75, 3.05) is 0 Å². The summed E-state index contributed by atoms with van der Waals surface area (Å²) in [5.74, 6) is 0.371. The van der Waals surface area contributed by atoms with Crippen LogP contribution in [0.15, 0.2) is 103 Å². The van der Waals surface area contributed by atoms with Crippen LogP contribution in [0.5, 0.6) is 11.5 Å². The molecule has 0 radical (unpaired) electrons. The Morgan fingerprint density at radius 1 is 0.865 bits per heavy atom. The van der Waals surface area contributed by atoms with Crippen LogP contribution in [0.4, 0.5) is 0 Å². The minimum Gasteiger partial charge on any atom is -0.508 e. The number of hydrogen-bond donors (Lipinski definition) is 2. The molecule has 2 aromatic heterocycles. The van der Waals surface area contributed by atoms with Crippen LogP contribution in [0.3, 0.4) is 0 Å². The summed E-state index contributed by atoms with van der Waals surface area (Å²) < 4.78 is 17.1. The third-order valence-corrected chi connectivity index (χ3v) is 6.20. The Balaban J connectivity index is 1.45. The van der Waals surface area contributed by atoms with Crippen LogP contribution in [-0.4, -0.2) is 11.0 Å². The van der Waals surface area contributed by atoms with E-state index in [1.165, 1.54) is 18.2 Å². The molecule has 0 saturated heterocycles. The first-order valence-electron chi connectivity index (χ1n) is 11.5. The summed E-state index contributed by atoms with van der Waals surface area (Å²) in [6.45, 7) is 0. The van der Waals surface area contributed by atoms with E-state index in [2.05, 4.69) is 5.32 Å². The maximum Gasteiger partial charge on any atom is 0.339 e. The van der Waals surface area contributed by atoms with E-state index >= 15 is 0 Å². The summed E-state index contributed by atoms with van der Waals surface area (Å²) in [5, 5.41) is 13.2. The van der Waals surface area contributed by atoms with Crippen molar-refractivity contribution in [1.82, 2.24) is 5.32 Å². The lowest BCUT2D eigenvalue weighted by Crippen LogP contribution is -2.34. The first-order valence-corrected chi connectivity index (χ1v) is 11.5. The molecule has 0 spiro atoms. The molecule has 5 aromatic rings. The molecule has 0 saturated carbocycles. The molecule has 0 fully saturated rings. The molecular formula is C29H19NO7. The minimum atomic E-state index is -0.921. The Hall–Kier alpha value is -5.11. The number of carbonyl (C=O) groups excluding carboxylic acids is 1. The molecule has 1 unspecified atom stereocenters. The molecule has 0 aliphatic carbocycles. The van der Waals surface area contributed by atoms with E-state index in [4.69, 9.17) is 13.6 Å². The number of rotatable bonds is 4. The van der Waals surface area contributed by atoms with Gasteiger partial charge in [0.05, 0.1) is 11.1 Å². The fourth-order valence-corrected chi connectivity index (χ4v) is 4.47. The summed E-state index contributed by atoms with van der Waals surface area (Å²) in [4.78, 5) is 38.2. The highest BCUT2D eigenvalue weighted by Crippen LogP contribution is 2.41. The molecule has 1 aliphatic heterocycles. The molecule has 8 nitrogen and oxygen atoms in total. The van der Waals surface area contributed by atoms with E-state index in [9.17, 15) is 19.5 Å². The average molecular weight is 493 g/mol. The van der Waals surface area contributed by atoms with Gasteiger partial charge in [0.2, 0.25) is 6.23 Å². The molecule has 8 heteroatoms. The molecule has 1 amide bonds. The van der Waals surface area contributed by atoms with Crippen LogP contribution in [0.1, 0.15) is 33.3 Å². The monoisotopic (exact) mass is 493 g/mol. The van der Waals surface area contributed by atoms with E-state index in [1.54, 1.807) is 60.7 Å². The SMILES string of the molecule is O=C(NC1Oc2ccccc2-c2oc(=O)c(Cc3cc(=O)oc4cc(O)ccc34)cc21)c1ccccc1. The van der Waals surface area contributed by atoms with Gasteiger partial charge >= 0.3 is 11.3 Å². The van der Waals surface area contributed by atoms with E-state index in [1.807, 2.05) is 6.07 Å². The zero-order valence-electron chi connectivity index (χ0n) is 19.3. The number of phenolic OH excluding ortho intramolecular Hbond substituents is 1. The van der Waals surface area contributed by atoms with E-state index < -0.39 is 17.5 Å². The van der Waals surface area contributed by atoms with Crippen LogP contribution in [-0.2, 0) is 6.42 Å². The molecule has 0 bridgehead atoms. The van der Waals surface area contributed by atoms with Gasteiger partial charge in [-0.3, -0.25) is 4.79 Å². The number of nitrogens with one attached hydrogen (secondary N) is 1. The predicted molar refractivity (Wildman–Crippen MR) is 135 cm³/mol. The summed E-state index contributed by atoms with van der Waals surface area (Å²) >= 11 is 0. The molecular weight excluding hydrogens is 474 g/mol. The third kappa shape index (κ3) is 4.14. The summed E-state index contributed by atoms with van der Waals surface area (Å²) in [6.07, 6.45) is -0.862. The highest BCUT2D eigenvalue weighted by molar-refractivity contribution is 5.94. The number of fused-ring (bicyclic) bond motifs is 4.